The van der Waals surface area contributed by atoms with Crippen LogP contribution >= 0.6 is 11.3 Å². The molecule has 5 rings (SSSR count). The van der Waals surface area contributed by atoms with Crippen molar-refractivity contribution >= 4 is 22.7 Å². The van der Waals surface area contributed by atoms with E-state index in [4.69, 9.17) is 5.10 Å². The van der Waals surface area contributed by atoms with Gasteiger partial charge in [0.05, 0.1) is 17.4 Å². The van der Waals surface area contributed by atoms with Crippen molar-refractivity contribution in [2.45, 2.75) is 12.5 Å². The number of hydrazone groups is 1. The highest BCUT2D eigenvalue weighted by Gasteiger charge is 2.30. The molecule has 0 saturated carbocycles. The molecular weight excluding hydrogens is 360 g/mol. The molecule has 3 heteroatoms. The second kappa shape index (κ2) is 7.45. The first-order valence-corrected chi connectivity index (χ1v) is 10.4. The van der Waals surface area contributed by atoms with Crippen LogP contribution in [0.15, 0.2) is 108 Å². The lowest BCUT2D eigenvalue weighted by molar-refractivity contribution is 0.722. The summed E-state index contributed by atoms with van der Waals surface area (Å²) in [5.41, 5.74) is 5.95. The summed E-state index contributed by atoms with van der Waals surface area (Å²) < 4.78 is 0. The van der Waals surface area contributed by atoms with E-state index in [1.165, 1.54) is 21.6 Å². The molecule has 4 aromatic rings. The van der Waals surface area contributed by atoms with Crippen LogP contribution < -0.4 is 5.01 Å². The Bertz CT molecular complexity index is 1070. The zero-order valence-electron chi connectivity index (χ0n) is 15.4. The van der Waals surface area contributed by atoms with Gasteiger partial charge in [-0.15, -0.1) is 11.3 Å². The summed E-state index contributed by atoms with van der Waals surface area (Å²) >= 11 is 1.80. The predicted octanol–water partition coefficient (Wildman–Crippen LogP) is 6.77. The molecule has 0 aliphatic carbocycles. The Morgan fingerprint density at radius 3 is 2.00 bits per heavy atom. The van der Waals surface area contributed by atoms with Crippen molar-refractivity contribution in [2.24, 2.45) is 5.10 Å². The molecule has 0 fully saturated rings. The molecule has 0 bridgehead atoms. The molecular formula is C25H20N2S. The van der Waals surface area contributed by atoms with Gasteiger partial charge in [-0.05, 0) is 40.3 Å². The molecule has 2 nitrogen and oxygen atoms in total. The van der Waals surface area contributed by atoms with Gasteiger partial charge in [-0.25, -0.2) is 0 Å². The van der Waals surface area contributed by atoms with Gasteiger partial charge in [0, 0.05) is 11.3 Å². The average Bonchev–Trinajstić information content (AvgIpc) is 3.45. The van der Waals surface area contributed by atoms with Crippen LogP contribution in [0, 0.1) is 0 Å². The fourth-order valence-electron chi connectivity index (χ4n) is 3.69. The average molecular weight is 381 g/mol. The highest BCUT2D eigenvalue weighted by molar-refractivity contribution is 7.10. The molecule has 0 saturated heterocycles. The largest absolute Gasteiger partial charge is 0.257 e. The normalized spacial score (nSPS) is 16.2. The molecule has 0 amide bonds. The van der Waals surface area contributed by atoms with E-state index in [0.29, 0.717) is 0 Å². The predicted molar refractivity (Wildman–Crippen MR) is 119 cm³/mol. The fourth-order valence-corrected chi connectivity index (χ4v) is 4.50. The fraction of sp³-hybridized carbons (Fsp3) is 0.0800. The Labute approximate surface area is 169 Å². The molecule has 2 heterocycles. The van der Waals surface area contributed by atoms with E-state index in [-0.39, 0.29) is 6.04 Å². The highest BCUT2D eigenvalue weighted by Crippen LogP contribution is 2.38. The zero-order chi connectivity index (χ0) is 18.8. The van der Waals surface area contributed by atoms with Crippen molar-refractivity contribution in [3.05, 3.63) is 113 Å². The summed E-state index contributed by atoms with van der Waals surface area (Å²) in [6, 6.07) is 34.3. The summed E-state index contributed by atoms with van der Waals surface area (Å²) in [7, 11) is 0. The van der Waals surface area contributed by atoms with Gasteiger partial charge in [-0.3, -0.25) is 5.01 Å². The third-order valence-corrected chi connectivity index (χ3v) is 6.10. The maximum absolute atomic E-state index is 5.03. The van der Waals surface area contributed by atoms with Gasteiger partial charge in [0.1, 0.15) is 0 Å². The number of hydrogen-bond donors (Lipinski definition) is 0. The van der Waals surface area contributed by atoms with Crippen LogP contribution in [-0.4, -0.2) is 5.71 Å². The molecule has 28 heavy (non-hydrogen) atoms. The van der Waals surface area contributed by atoms with Gasteiger partial charge >= 0.3 is 0 Å². The molecule has 1 aliphatic rings. The maximum atomic E-state index is 5.03. The molecule has 1 aliphatic heterocycles. The third-order valence-electron chi connectivity index (χ3n) is 5.13. The van der Waals surface area contributed by atoms with E-state index < -0.39 is 0 Å². The first-order valence-electron chi connectivity index (χ1n) is 9.49. The lowest BCUT2D eigenvalue weighted by Gasteiger charge is -2.22. The van der Waals surface area contributed by atoms with Gasteiger partial charge in [0.15, 0.2) is 0 Å². The van der Waals surface area contributed by atoms with E-state index in [2.05, 4.69) is 95.3 Å². The summed E-state index contributed by atoms with van der Waals surface area (Å²) in [6.45, 7) is 0. The minimum absolute atomic E-state index is 0.256. The van der Waals surface area contributed by atoms with E-state index in [0.717, 1.165) is 17.8 Å². The van der Waals surface area contributed by atoms with Crippen molar-refractivity contribution in [3.63, 3.8) is 0 Å². The molecule has 0 radical (unpaired) electrons. The quantitative estimate of drug-likeness (QED) is 0.381. The second-order valence-corrected chi connectivity index (χ2v) is 7.88. The van der Waals surface area contributed by atoms with Crippen LogP contribution in [-0.2, 0) is 0 Å². The zero-order valence-corrected chi connectivity index (χ0v) is 16.2. The van der Waals surface area contributed by atoms with E-state index in [9.17, 15) is 0 Å². The van der Waals surface area contributed by atoms with Gasteiger partial charge in [-0.1, -0.05) is 78.9 Å². The molecule has 1 aromatic heterocycles. The topological polar surface area (TPSA) is 15.6 Å². The number of para-hydroxylation sites is 1. The molecule has 1 unspecified atom stereocenters. The van der Waals surface area contributed by atoms with E-state index in [1.54, 1.807) is 11.3 Å². The SMILES string of the molecule is c1ccc(-c2ccc(C3=NN(c4ccccc4)C(c4cccs4)C3)cc2)cc1. The Kier molecular flexibility index (Phi) is 4.51. The van der Waals surface area contributed by atoms with E-state index in [1.807, 2.05) is 12.1 Å². The van der Waals surface area contributed by atoms with Crippen LogP contribution in [0.1, 0.15) is 22.9 Å². The monoisotopic (exact) mass is 380 g/mol. The van der Waals surface area contributed by atoms with Crippen molar-refractivity contribution in [1.82, 2.24) is 0 Å². The Morgan fingerprint density at radius 2 is 1.32 bits per heavy atom. The van der Waals surface area contributed by atoms with Crippen LogP contribution in [0.4, 0.5) is 5.69 Å². The first kappa shape index (κ1) is 17.0. The van der Waals surface area contributed by atoms with Crippen LogP contribution in [0.2, 0.25) is 0 Å². The minimum Gasteiger partial charge on any atom is -0.257 e. The summed E-state index contributed by atoms with van der Waals surface area (Å²) in [5, 5.41) is 9.34. The summed E-state index contributed by atoms with van der Waals surface area (Å²) in [6.07, 6.45) is 0.917. The smallest absolute Gasteiger partial charge is 0.0923 e. The van der Waals surface area contributed by atoms with Crippen LogP contribution in [0.5, 0.6) is 0 Å². The Morgan fingerprint density at radius 1 is 0.679 bits per heavy atom. The minimum atomic E-state index is 0.256. The molecule has 3 aromatic carbocycles. The number of rotatable bonds is 4. The standard InChI is InChI=1S/C25H20N2S/c1-3-8-19(9-4-1)20-13-15-21(16-14-20)23-18-24(25-12-7-17-28-25)27(26-23)22-10-5-2-6-11-22/h1-17,24H,18H2. The second-order valence-electron chi connectivity index (χ2n) is 6.91. The number of thiophene rings is 1. The van der Waals surface area contributed by atoms with Crippen molar-refractivity contribution in [2.75, 3.05) is 5.01 Å². The Balaban J connectivity index is 1.48. The molecule has 0 spiro atoms. The van der Waals surface area contributed by atoms with E-state index >= 15 is 0 Å². The van der Waals surface area contributed by atoms with Gasteiger partial charge in [0.25, 0.3) is 0 Å². The lowest BCUT2D eigenvalue weighted by Crippen LogP contribution is -2.17. The number of hydrogen-bond acceptors (Lipinski definition) is 3. The van der Waals surface area contributed by atoms with Crippen molar-refractivity contribution in [1.29, 1.82) is 0 Å². The highest BCUT2D eigenvalue weighted by atomic mass is 32.1. The molecule has 136 valence electrons. The summed E-state index contributed by atoms with van der Waals surface area (Å²) in [5.74, 6) is 0. The summed E-state index contributed by atoms with van der Waals surface area (Å²) in [4.78, 5) is 1.35. The number of nitrogens with zero attached hydrogens (tertiary/aromatic N) is 2. The lowest BCUT2D eigenvalue weighted by atomic mass is 9.99. The van der Waals surface area contributed by atoms with Gasteiger partial charge in [-0.2, -0.15) is 5.10 Å². The third kappa shape index (κ3) is 3.25. The number of anilines is 1. The van der Waals surface area contributed by atoms with Gasteiger partial charge < -0.3 is 0 Å². The molecule has 0 N–H and O–H groups in total. The maximum Gasteiger partial charge on any atom is 0.0923 e. The van der Waals surface area contributed by atoms with Crippen LogP contribution in [0.25, 0.3) is 11.1 Å². The van der Waals surface area contributed by atoms with Crippen molar-refractivity contribution in [3.8, 4) is 11.1 Å². The Hall–Kier alpha value is -3.17. The van der Waals surface area contributed by atoms with Gasteiger partial charge in [0.2, 0.25) is 0 Å². The first-order chi connectivity index (χ1) is 13.9. The van der Waals surface area contributed by atoms with Crippen LogP contribution in [0.3, 0.4) is 0 Å². The molecule has 1 atom stereocenters. The number of benzene rings is 3. The van der Waals surface area contributed by atoms with Crippen molar-refractivity contribution < 1.29 is 0 Å².